The van der Waals surface area contributed by atoms with Crippen molar-refractivity contribution < 1.29 is 12.8 Å². The molecule has 0 spiro atoms. The van der Waals surface area contributed by atoms with Gasteiger partial charge in [-0.2, -0.15) is 0 Å². The maximum absolute atomic E-state index is 13.2. The summed E-state index contributed by atoms with van der Waals surface area (Å²) in [6, 6.07) is 4.82. The van der Waals surface area contributed by atoms with E-state index in [1.165, 1.54) is 18.4 Å². The van der Waals surface area contributed by atoms with Crippen LogP contribution in [0.4, 0.5) is 4.39 Å². The molecule has 3 nitrogen and oxygen atoms in total. The minimum Gasteiger partial charge on any atom is -0.310 e. The molecule has 1 unspecified atom stereocenters. The van der Waals surface area contributed by atoms with Gasteiger partial charge in [0.05, 0.1) is 0 Å². The molecule has 0 radical (unpaired) electrons. The summed E-state index contributed by atoms with van der Waals surface area (Å²) < 4.78 is 36.4. The zero-order chi connectivity index (χ0) is 15.2. The minimum atomic E-state index is -2.93. The van der Waals surface area contributed by atoms with Crippen LogP contribution in [0.1, 0.15) is 37.8 Å². The van der Waals surface area contributed by atoms with E-state index in [1.54, 1.807) is 6.07 Å². The first-order valence-corrected chi connectivity index (χ1v) is 9.83. The fourth-order valence-corrected chi connectivity index (χ4v) is 3.56. The summed E-state index contributed by atoms with van der Waals surface area (Å²) in [4.78, 5) is 0. The van der Waals surface area contributed by atoms with Gasteiger partial charge in [-0.15, -0.1) is 0 Å². The van der Waals surface area contributed by atoms with E-state index in [0.717, 1.165) is 28.5 Å². The van der Waals surface area contributed by atoms with Gasteiger partial charge in [0.25, 0.3) is 0 Å². The van der Waals surface area contributed by atoms with Crippen LogP contribution in [0.3, 0.4) is 0 Å². The fraction of sp³-hybridized carbons (Fsp3) is 0.571. The molecule has 1 aromatic carbocycles. The Balaban J connectivity index is 2.77. The molecule has 0 bridgehead atoms. The molecule has 0 saturated carbocycles. The number of sulfone groups is 1. The second kappa shape index (κ2) is 8.29. The Morgan fingerprint density at radius 2 is 2.10 bits per heavy atom. The highest BCUT2D eigenvalue weighted by molar-refractivity contribution is 14.1. The van der Waals surface area contributed by atoms with Gasteiger partial charge in [-0.05, 0) is 66.1 Å². The molecule has 1 rings (SSSR count). The topological polar surface area (TPSA) is 46.2 Å². The van der Waals surface area contributed by atoms with Crippen LogP contribution in [0, 0.1) is 9.39 Å². The quantitative estimate of drug-likeness (QED) is 0.666. The van der Waals surface area contributed by atoms with E-state index in [-0.39, 0.29) is 17.6 Å². The SMILES string of the molecule is CCCNC(CCCS(C)(=O)=O)c1ccc(F)cc1I. The van der Waals surface area contributed by atoms with E-state index < -0.39 is 9.84 Å². The lowest BCUT2D eigenvalue weighted by Gasteiger charge is -2.20. The smallest absolute Gasteiger partial charge is 0.147 e. The van der Waals surface area contributed by atoms with Crippen molar-refractivity contribution in [2.45, 2.75) is 32.2 Å². The normalized spacial score (nSPS) is 13.4. The van der Waals surface area contributed by atoms with Gasteiger partial charge in [-0.1, -0.05) is 13.0 Å². The zero-order valence-electron chi connectivity index (χ0n) is 11.8. The van der Waals surface area contributed by atoms with Gasteiger partial charge in [0.2, 0.25) is 0 Å². The van der Waals surface area contributed by atoms with Crippen LogP contribution in [-0.4, -0.2) is 27.0 Å². The lowest BCUT2D eigenvalue weighted by molar-refractivity contribution is 0.489. The fourth-order valence-electron chi connectivity index (χ4n) is 2.02. The molecule has 1 atom stereocenters. The standard InChI is InChI=1S/C14H21FINO2S/c1-3-8-17-14(5-4-9-20(2,18)19)12-7-6-11(15)10-13(12)16/h6-7,10,14,17H,3-5,8-9H2,1-2H3. The van der Waals surface area contributed by atoms with E-state index in [1.807, 2.05) is 0 Å². The van der Waals surface area contributed by atoms with E-state index in [4.69, 9.17) is 0 Å². The monoisotopic (exact) mass is 413 g/mol. The molecule has 1 aromatic rings. The van der Waals surface area contributed by atoms with Gasteiger partial charge in [0, 0.05) is 21.6 Å². The van der Waals surface area contributed by atoms with Crippen LogP contribution in [-0.2, 0) is 9.84 Å². The molecule has 0 aliphatic heterocycles. The summed E-state index contributed by atoms with van der Waals surface area (Å²) in [6.07, 6.45) is 3.59. The first kappa shape index (κ1) is 17.8. The Bertz CT molecular complexity index is 534. The second-order valence-corrected chi connectivity index (χ2v) is 8.37. The molecule has 1 N–H and O–H groups in total. The maximum atomic E-state index is 13.2. The predicted octanol–water partition coefficient (Wildman–Crippen LogP) is 3.30. The summed E-state index contributed by atoms with van der Waals surface area (Å²) in [5.74, 6) is -0.0572. The van der Waals surface area contributed by atoms with Crippen LogP contribution < -0.4 is 5.32 Å². The largest absolute Gasteiger partial charge is 0.310 e. The van der Waals surface area contributed by atoms with Crippen LogP contribution in [0.15, 0.2) is 18.2 Å². The van der Waals surface area contributed by atoms with Crippen LogP contribution in [0.2, 0.25) is 0 Å². The molecular formula is C14H21FINO2S. The third kappa shape index (κ3) is 6.49. The lowest BCUT2D eigenvalue weighted by atomic mass is 10.0. The van der Waals surface area contributed by atoms with Crippen molar-refractivity contribution in [3.05, 3.63) is 33.1 Å². The number of hydrogen-bond acceptors (Lipinski definition) is 3. The van der Waals surface area contributed by atoms with E-state index in [2.05, 4.69) is 34.8 Å². The molecule has 20 heavy (non-hydrogen) atoms. The minimum absolute atomic E-state index is 0.0733. The third-order valence-electron chi connectivity index (χ3n) is 2.99. The van der Waals surface area contributed by atoms with E-state index >= 15 is 0 Å². The van der Waals surface area contributed by atoms with Crippen LogP contribution in [0.5, 0.6) is 0 Å². The molecule has 0 aliphatic rings. The molecule has 0 fully saturated rings. The molecular weight excluding hydrogens is 392 g/mol. The van der Waals surface area contributed by atoms with Gasteiger partial charge in [0.1, 0.15) is 15.7 Å². The highest BCUT2D eigenvalue weighted by atomic mass is 127. The molecule has 0 aromatic heterocycles. The van der Waals surface area contributed by atoms with Gasteiger partial charge < -0.3 is 5.32 Å². The summed E-state index contributed by atoms with van der Waals surface area (Å²) in [5.41, 5.74) is 1.04. The highest BCUT2D eigenvalue weighted by Gasteiger charge is 2.15. The molecule has 0 aliphatic carbocycles. The molecule has 0 saturated heterocycles. The van der Waals surface area contributed by atoms with E-state index in [0.29, 0.717) is 6.42 Å². The number of rotatable bonds is 8. The summed E-state index contributed by atoms with van der Waals surface area (Å²) in [7, 11) is -2.93. The predicted molar refractivity (Wildman–Crippen MR) is 89.1 cm³/mol. The molecule has 0 amide bonds. The second-order valence-electron chi connectivity index (χ2n) is 4.94. The Labute approximate surface area is 134 Å². The van der Waals surface area contributed by atoms with Crippen molar-refractivity contribution in [3.63, 3.8) is 0 Å². The van der Waals surface area contributed by atoms with Gasteiger partial charge in [0.15, 0.2) is 0 Å². The zero-order valence-corrected chi connectivity index (χ0v) is 14.8. The first-order chi connectivity index (χ1) is 9.33. The lowest BCUT2D eigenvalue weighted by Crippen LogP contribution is -2.23. The van der Waals surface area contributed by atoms with Crippen molar-refractivity contribution in [3.8, 4) is 0 Å². The van der Waals surface area contributed by atoms with Gasteiger partial charge >= 0.3 is 0 Å². The molecule has 0 heterocycles. The van der Waals surface area contributed by atoms with Gasteiger partial charge in [-0.25, -0.2) is 12.8 Å². The Morgan fingerprint density at radius 3 is 2.65 bits per heavy atom. The average molecular weight is 413 g/mol. The van der Waals surface area contributed by atoms with Crippen molar-refractivity contribution in [1.29, 1.82) is 0 Å². The summed E-state index contributed by atoms with van der Waals surface area (Å²) >= 11 is 2.12. The van der Waals surface area contributed by atoms with Crippen molar-refractivity contribution in [2.24, 2.45) is 0 Å². The summed E-state index contributed by atoms with van der Waals surface area (Å²) in [6.45, 7) is 2.94. The average Bonchev–Trinajstić information content (AvgIpc) is 2.33. The molecule has 114 valence electrons. The maximum Gasteiger partial charge on any atom is 0.147 e. The van der Waals surface area contributed by atoms with Crippen LogP contribution in [0.25, 0.3) is 0 Å². The van der Waals surface area contributed by atoms with Crippen molar-refractivity contribution in [2.75, 3.05) is 18.6 Å². The van der Waals surface area contributed by atoms with Crippen molar-refractivity contribution >= 4 is 32.4 Å². The summed E-state index contributed by atoms with van der Waals surface area (Å²) in [5, 5.41) is 3.41. The molecule has 6 heteroatoms. The number of halogens is 2. The number of benzene rings is 1. The van der Waals surface area contributed by atoms with Crippen molar-refractivity contribution in [1.82, 2.24) is 5.32 Å². The van der Waals surface area contributed by atoms with Crippen LogP contribution >= 0.6 is 22.6 Å². The van der Waals surface area contributed by atoms with Gasteiger partial charge in [-0.3, -0.25) is 0 Å². The Morgan fingerprint density at radius 1 is 1.40 bits per heavy atom. The Kier molecular flexibility index (Phi) is 7.39. The third-order valence-corrected chi connectivity index (χ3v) is 4.95. The highest BCUT2D eigenvalue weighted by Crippen LogP contribution is 2.25. The number of nitrogens with one attached hydrogen (secondary N) is 1. The number of hydrogen-bond donors (Lipinski definition) is 1. The first-order valence-electron chi connectivity index (χ1n) is 6.69. The van der Waals surface area contributed by atoms with E-state index in [9.17, 15) is 12.8 Å². The Hall–Kier alpha value is -0.210.